The van der Waals surface area contributed by atoms with Gasteiger partial charge in [0.15, 0.2) is 5.78 Å². The van der Waals surface area contributed by atoms with Crippen molar-refractivity contribution in [3.63, 3.8) is 0 Å². The van der Waals surface area contributed by atoms with E-state index in [1.165, 1.54) is 6.92 Å². The number of benzene rings is 1. The lowest BCUT2D eigenvalue weighted by molar-refractivity contribution is -0.195. The van der Waals surface area contributed by atoms with Crippen molar-refractivity contribution in [1.29, 1.82) is 0 Å². The molecule has 124 valence electrons. The maximum atomic E-state index is 12.9. The van der Waals surface area contributed by atoms with Crippen LogP contribution < -0.4 is 0 Å². The van der Waals surface area contributed by atoms with E-state index in [1.54, 1.807) is 45.0 Å². The van der Waals surface area contributed by atoms with E-state index in [2.05, 4.69) is 0 Å². The molecule has 1 aliphatic rings. The normalized spacial score (nSPS) is 26.6. The number of ether oxygens (including phenoxy) is 2. The number of cyclic esters (lactones) is 1. The average molecular weight is 339 g/mol. The molecule has 0 aliphatic carbocycles. The summed E-state index contributed by atoms with van der Waals surface area (Å²) in [6.07, 6.45) is -0.790. The molecular formula is C17H19ClO5. The van der Waals surface area contributed by atoms with E-state index in [9.17, 15) is 14.4 Å². The lowest BCUT2D eigenvalue weighted by Crippen LogP contribution is -2.57. The minimum absolute atomic E-state index is 0.0794. The van der Waals surface area contributed by atoms with Crippen LogP contribution in [0.1, 0.15) is 39.4 Å². The molecule has 1 heterocycles. The van der Waals surface area contributed by atoms with Gasteiger partial charge in [0, 0.05) is 5.02 Å². The molecule has 1 fully saturated rings. The van der Waals surface area contributed by atoms with Crippen LogP contribution in [-0.4, -0.2) is 24.3 Å². The molecule has 2 rings (SSSR count). The first-order valence-corrected chi connectivity index (χ1v) is 7.72. The molecule has 6 heteroatoms. The summed E-state index contributed by atoms with van der Waals surface area (Å²) in [5.74, 6) is -2.28. The Morgan fingerprint density at radius 2 is 1.78 bits per heavy atom. The molecular weight excluding hydrogens is 320 g/mol. The summed E-state index contributed by atoms with van der Waals surface area (Å²) in [4.78, 5) is 37.5. The molecule has 0 aromatic heterocycles. The van der Waals surface area contributed by atoms with Gasteiger partial charge in [-0.15, -0.1) is 0 Å². The van der Waals surface area contributed by atoms with E-state index in [4.69, 9.17) is 21.1 Å². The monoisotopic (exact) mass is 338 g/mol. The zero-order chi connectivity index (χ0) is 17.4. The van der Waals surface area contributed by atoms with E-state index >= 15 is 0 Å². The predicted octanol–water partition coefficient (Wildman–Crippen LogP) is 3.10. The fourth-order valence-corrected chi connectivity index (χ4v) is 2.93. The second-order valence-electron chi connectivity index (χ2n) is 6.23. The van der Waals surface area contributed by atoms with Crippen molar-refractivity contribution >= 4 is 29.3 Å². The number of hydrogen-bond donors (Lipinski definition) is 0. The molecule has 2 atom stereocenters. The quantitative estimate of drug-likeness (QED) is 0.625. The van der Waals surface area contributed by atoms with E-state index in [1.807, 2.05) is 0 Å². The number of esters is 2. The summed E-state index contributed by atoms with van der Waals surface area (Å²) in [5, 5.41) is 0.538. The van der Waals surface area contributed by atoms with Crippen molar-refractivity contribution < 1.29 is 23.9 Å². The largest absolute Gasteiger partial charge is 0.465 e. The summed E-state index contributed by atoms with van der Waals surface area (Å²) < 4.78 is 10.4. The third-order valence-electron chi connectivity index (χ3n) is 4.18. The van der Waals surface area contributed by atoms with Gasteiger partial charge in [0.1, 0.15) is 6.10 Å². The third kappa shape index (κ3) is 2.74. The minimum atomic E-state index is -1.94. The maximum Gasteiger partial charge on any atom is 0.331 e. The lowest BCUT2D eigenvalue weighted by Gasteiger charge is -2.43. The number of halogens is 1. The summed E-state index contributed by atoms with van der Waals surface area (Å²) in [5.41, 5.74) is -2.38. The van der Waals surface area contributed by atoms with Gasteiger partial charge in [-0.1, -0.05) is 23.7 Å². The first-order chi connectivity index (χ1) is 10.7. The topological polar surface area (TPSA) is 69.7 Å². The molecule has 0 bridgehead atoms. The van der Waals surface area contributed by atoms with Crippen LogP contribution in [0.3, 0.4) is 0 Å². The van der Waals surface area contributed by atoms with E-state index < -0.39 is 34.7 Å². The number of hydrogen-bond acceptors (Lipinski definition) is 5. The lowest BCUT2D eigenvalue weighted by atomic mass is 9.66. The van der Waals surface area contributed by atoms with Gasteiger partial charge in [-0.05, 0) is 45.4 Å². The first kappa shape index (κ1) is 17.5. The predicted molar refractivity (Wildman–Crippen MR) is 83.8 cm³/mol. The first-order valence-electron chi connectivity index (χ1n) is 7.34. The molecule has 1 aromatic rings. The highest BCUT2D eigenvalue weighted by molar-refractivity contribution is 6.30. The van der Waals surface area contributed by atoms with Gasteiger partial charge in [0.25, 0.3) is 0 Å². The highest BCUT2D eigenvalue weighted by Gasteiger charge is 2.62. The Morgan fingerprint density at radius 1 is 1.22 bits per heavy atom. The van der Waals surface area contributed by atoms with Crippen molar-refractivity contribution in [1.82, 2.24) is 0 Å². The molecule has 1 aliphatic heterocycles. The van der Waals surface area contributed by atoms with Crippen molar-refractivity contribution in [2.24, 2.45) is 10.8 Å². The zero-order valence-electron chi connectivity index (χ0n) is 13.5. The van der Waals surface area contributed by atoms with Crippen LogP contribution in [0, 0.1) is 10.8 Å². The van der Waals surface area contributed by atoms with Gasteiger partial charge < -0.3 is 9.47 Å². The Morgan fingerprint density at radius 3 is 2.30 bits per heavy atom. The van der Waals surface area contributed by atoms with Crippen molar-refractivity contribution in [2.45, 2.75) is 33.8 Å². The number of carbonyl (C=O) groups is 3. The van der Waals surface area contributed by atoms with Gasteiger partial charge in [0.2, 0.25) is 5.41 Å². The van der Waals surface area contributed by atoms with E-state index in [0.717, 1.165) is 0 Å². The fourth-order valence-electron chi connectivity index (χ4n) is 2.80. The minimum Gasteiger partial charge on any atom is -0.465 e. The number of carbonyl (C=O) groups excluding carboxylic acids is 3. The second-order valence-corrected chi connectivity index (χ2v) is 6.67. The highest BCUT2D eigenvalue weighted by Crippen LogP contribution is 2.48. The van der Waals surface area contributed by atoms with Crippen LogP contribution in [0.4, 0.5) is 0 Å². The Balaban J connectivity index is 2.44. The Hall–Kier alpha value is -1.88. The number of ketones is 1. The second kappa shape index (κ2) is 5.96. The average Bonchev–Trinajstić information content (AvgIpc) is 2.50. The Labute approximate surface area is 139 Å². The zero-order valence-corrected chi connectivity index (χ0v) is 14.3. The van der Waals surface area contributed by atoms with Crippen molar-refractivity contribution in [3.05, 3.63) is 34.9 Å². The summed E-state index contributed by atoms with van der Waals surface area (Å²) in [6.45, 7) is 6.25. The molecule has 0 saturated carbocycles. The smallest absolute Gasteiger partial charge is 0.331 e. The van der Waals surface area contributed by atoms with Crippen molar-refractivity contribution in [3.8, 4) is 0 Å². The number of rotatable bonds is 3. The van der Waals surface area contributed by atoms with Crippen LogP contribution >= 0.6 is 11.6 Å². The van der Waals surface area contributed by atoms with Gasteiger partial charge in [-0.25, -0.2) is 0 Å². The van der Waals surface area contributed by atoms with Crippen molar-refractivity contribution in [2.75, 3.05) is 6.61 Å². The fraction of sp³-hybridized carbons (Fsp3) is 0.471. The van der Waals surface area contributed by atoms with Gasteiger partial charge in [-0.2, -0.15) is 0 Å². The molecule has 1 aromatic carbocycles. The summed E-state index contributed by atoms with van der Waals surface area (Å²) in [7, 11) is 0. The van der Waals surface area contributed by atoms with Crippen LogP contribution in [0.15, 0.2) is 24.3 Å². The molecule has 2 unspecified atom stereocenters. The number of Topliss-reactive ketones (excluding diaryl/α,β-unsaturated/α-hetero) is 1. The van der Waals surface area contributed by atoms with Crippen LogP contribution in [0.5, 0.6) is 0 Å². The van der Waals surface area contributed by atoms with Gasteiger partial charge in [-0.3, -0.25) is 14.4 Å². The molecule has 0 radical (unpaired) electrons. The van der Waals surface area contributed by atoms with Gasteiger partial charge in [0.05, 0.1) is 12.0 Å². The SMILES string of the molecule is CCOC(=O)C1(C)C(=O)OC(c2ccc(Cl)cc2)C(C)(C)C1=O. The summed E-state index contributed by atoms with van der Waals surface area (Å²) in [6, 6.07) is 6.71. The van der Waals surface area contributed by atoms with E-state index in [-0.39, 0.29) is 6.61 Å². The van der Waals surface area contributed by atoms with Crippen LogP contribution in [0.2, 0.25) is 5.02 Å². The molecule has 1 saturated heterocycles. The molecule has 5 nitrogen and oxygen atoms in total. The maximum absolute atomic E-state index is 12.9. The van der Waals surface area contributed by atoms with E-state index in [0.29, 0.717) is 10.6 Å². The Bertz CT molecular complexity index is 649. The molecule has 0 N–H and O–H groups in total. The van der Waals surface area contributed by atoms with Gasteiger partial charge >= 0.3 is 11.9 Å². The van der Waals surface area contributed by atoms with Crippen LogP contribution in [-0.2, 0) is 23.9 Å². The molecule has 0 spiro atoms. The summed E-state index contributed by atoms with van der Waals surface area (Å²) >= 11 is 5.86. The molecule has 23 heavy (non-hydrogen) atoms. The van der Waals surface area contributed by atoms with Crippen LogP contribution in [0.25, 0.3) is 0 Å². The molecule has 0 amide bonds. The highest BCUT2D eigenvalue weighted by atomic mass is 35.5. The standard InChI is InChI=1S/C17H19ClO5/c1-5-22-14(20)17(4)13(19)16(2,3)12(23-15(17)21)10-6-8-11(18)9-7-10/h6-9,12H,5H2,1-4H3. The Kier molecular flexibility index (Phi) is 4.53. The third-order valence-corrected chi connectivity index (χ3v) is 4.44.